The van der Waals surface area contributed by atoms with Crippen molar-refractivity contribution in [2.45, 2.75) is 52.1 Å². The van der Waals surface area contributed by atoms with Crippen LogP contribution >= 0.6 is 0 Å². The van der Waals surface area contributed by atoms with Gasteiger partial charge in [-0.3, -0.25) is 9.36 Å². The minimum absolute atomic E-state index is 0.0445. The molecule has 0 saturated carbocycles. The van der Waals surface area contributed by atoms with Gasteiger partial charge in [0.2, 0.25) is 11.7 Å². The molecule has 0 unspecified atom stereocenters. The lowest BCUT2D eigenvalue weighted by molar-refractivity contribution is -0.389. The van der Waals surface area contributed by atoms with Crippen molar-refractivity contribution in [3.8, 4) is 0 Å². The number of nitro groups is 1. The molecule has 0 N–H and O–H groups in total. The summed E-state index contributed by atoms with van der Waals surface area (Å²) in [6, 6.07) is 3.76. The van der Waals surface area contributed by atoms with Crippen LogP contribution in [0.25, 0.3) is 0 Å². The number of aromatic nitrogens is 2. The second-order valence-electron chi connectivity index (χ2n) is 6.43. The second-order valence-corrected chi connectivity index (χ2v) is 6.43. The summed E-state index contributed by atoms with van der Waals surface area (Å²) in [5.41, 5.74) is 0. The molecule has 25 heavy (non-hydrogen) atoms. The summed E-state index contributed by atoms with van der Waals surface area (Å²) in [6.07, 6.45) is 5.25. The first kappa shape index (κ1) is 17.2. The molecule has 2 aromatic rings. The molecular formula is C17H22N4O4. The Balaban J connectivity index is 1.81. The van der Waals surface area contributed by atoms with Gasteiger partial charge in [0.15, 0.2) is 0 Å². The number of furan rings is 1. The summed E-state index contributed by atoms with van der Waals surface area (Å²) in [6.45, 7) is 4.26. The first-order valence-corrected chi connectivity index (χ1v) is 8.49. The maximum Gasteiger partial charge on any atom is 0.381 e. The fraction of sp³-hybridized carbons (Fsp3) is 0.529. The van der Waals surface area contributed by atoms with E-state index in [0.29, 0.717) is 12.4 Å². The largest absolute Gasteiger partial charge is 0.464 e. The summed E-state index contributed by atoms with van der Waals surface area (Å²) in [7, 11) is 0. The number of hydrogen-bond donors (Lipinski definition) is 0. The predicted octanol–water partition coefficient (Wildman–Crippen LogP) is 3.15. The lowest BCUT2D eigenvalue weighted by Gasteiger charge is -2.28. The molecule has 8 heteroatoms. The molecule has 0 spiro atoms. The Morgan fingerprint density at radius 3 is 2.80 bits per heavy atom. The second kappa shape index (κ2) is 7.08. The van der Waals surface area contributed by atoms with E-state index in [1.165, 1.54) is 10.8 Å². The Hall–Kier alpha value is -2.64. The van der Waals surface area contributed by atoms with Gasteiger partial charge in [-0.05, 0) is 41.8 Å². The molecule has 1 saturated heterocycles. The topological polar surface area (TPSA) is 94.4 Å². The molecule has 0 aliphatic carbocycles. The quantitative estimate of drug-likeness (QED) is 0.626. The Kier molecular flexibility index (Phi) is 4.87. The van der Waals surface area contributed by atoms with Gasteiger partial charge in [-0.1, -0.05) is 12.8 Å². The highest BCUT2D eigenvalue weighted by molar-refractivity contribution is 5.76. The van der Waals surface area contributed by atoms with Crippen LogP contribution in [0.1, 0.15) is 49.1 Å². The summed E-state index contributed by atoms with van der Waals surface area (Å²) in [5, 5.41) is 10.9. The van der Waals surface area contributed by atoms with Gasteiger partial charge in [0.25, 0.3) is 0 Å². The number of aryl methyl sites for hydroxylation is 2. The van der Waals surface area contributed by atoms with Crippen molar-refractivity contribution in [3.05, 3.63) is 45.8 Å². The molecule has 1 amide bonds. The Labute approximate surface area is 145 Å². The average molecular weight is 346 g/mol. The van der Waals surface area contributed by atoms with Crippen molar-refractivity contribution in [3.63, 3.8) is 0 Å². The van der Waals surface area contributed by atoms with Crippen LogP contribution < -0.4 is 0 Å². The molecule has 1 aliphatic heterocycles. The first-order chi connectivity index (χ1) is 12.0. The number of likely N-dealkylation sites (tertiary alicyclic amines) is 1. The van der Waals surface area contributed by atoms with Gasteiger partial charge in [0, 0.05) is 13.5 Å². The lowest BCUT2D eigenvalue weighted by Crippen LogP contribution is -2.37. The zero-order valence-corrected chi connectivity index (χ0v) is 14.5. The smallest absolute Gasteiger partial charge is 0.381 e. The van der Waals surface area contributed by atoms with E-state index in [1.807, 2.05) is 24.0 Å². The molecule has 8 nitrogen and oxygen atoms in total. The van der Waals surface area contributed by atoms with Crippen molar-refractivity contribution in [1.29, 1.82) is 0 Å². The number of imidazole rings is 1. The Bertz CT molecular complexity index is 779. The minimum Gasteiger partial charge on any atom is -0.464 e. The first-order valence-electron chi connectivity index (χ1n) is 8.49. The van der Waals surface area contributed by atoms with E-state index >= 15 is 0 Å². The zero-order valence-electron chi connectivity index (χ0n) is 14.5. The van der Waals surface area contributed by atoms with Crippen LogP contribution in [0.3, 0.4) is 0 Å². The molecule has 3 rings (SSSR count). The van der Waals surface area contributed by atoms with Gasteiger partial charge in [0.05, 0.1) is 6.04 Å². The van der Waals surface area contributed by atoms with E-state index < -0.39 is 4.92 Å². The third-order valence-electron chi connectivity index (χ3n) is 4.62. The molecule has 2 aromatic heterocycles. The maximum atomic E-state index is 12.9. The third-order valence-corrected chi connectivity index (χ3v) is 4.62. The fourth-order valence-corrected chi connectivity index (χ4v) is 3.31. The van der Waals surface area contributed by atoms with Crippen LogP contribution in [-0.2, 0) is 11.3 Å². The van der Waals surface area contributed by atoms with Crippen molar-refractivity contribution in [2.75, 3.05) is 6.54 Å². The van der Waals surface area contributed by atoms with Gasteiger partial charge in [-0.2, -0.15) is 0 Å². The van der Waals surface area contributed by atoms with E-state index in [0.717, 1.165) is 37.2 Å². The SMILES string of the molecule is Cc1ccc([C@@H]2CCCCCN2C(=O)Cn2cc([N+](=O)[O-])nc2C)o1. The molecule has 3 heterocycles. The summed E-state index contributed by atoms with van der Waals surface area (Å²) < 4.78 is 7.30. The van der Waals surface area contributed by atoms with Crippen molar-refractivity contribution in [2.24, 2.45) is 0 Å². The number of carbonyl (C=O) groups is 1. The van der Waals surface area contributed by atoms with Crippen LogP contribution in [0.2, 0.25) is 0 Å². The standard InChI is InChI=1S/C17H22N4O4/c1-12-7-8-15(25-12)14-6-4-3-5-9-20(14)17(22)11-19-10-16(21(23)24)18-13(19)2/h7-8,10,14H,3-6,9,11H2,1-2H3/t14-/m0/s1. The summed E-state index contributed by atoms with van der Waals surface area (Å²) in [4.78, 5) is 28.9. The molecule has 1 atom stereocenters. The molecule has 0 aromatic carbocycles. The van der Waals surface area contributed by atoms with Crippen LogP contribution in [0.5, 0.6) is 0 Å². The molecule has 1 fully saturated rings. The van der Waals surface area contributed by atoms with E-state index in [-0.39, 0.29) is 24.3 Å². The van der Waals surface area contributed by atoms with E-state index in [4.69, 9.17) is 4.42 Å². The molecule has 0 radical (unpaired) electrons. The highest BCUT2D eigenvalue weighted by Gasteiger charge is 2.29. The number of hydrogen-bond acceptors (Lipinski definition) is 5. The average Bonchev–Trinajstić information content (AvgIpc) is 3.05. The Morgan fingerprint density at radius 2 is 2.16 bits per heavy atom. The van der Waals surface area contributed by atoms with Gasteiger partial charge >= 0.3 is 5.82 Å². The van der Waals surface area contributed by atoms with Crippen LogP contribution in [-0.4, -0.2) is 31.8 Å². The number of nitrogens with zero attached hydrogens (tertiary/aromatic N) is 4. The molecular weight excluding hydrogens is 324 g/mol. The molecule has 0 bridgehead atoms. The predicted molar refractivity (Wildman–Crippen MR) is 90.0 cm³/mol. The van der Waals surface area contributed by atoms with Gasteiger partial charge in [-0.25, -0.2) is 0 Å². The fourth-order valence-electron chi connectivity index (χ4n) is 3.31. The molecule has 1 aliphatic rings. The number of carbonyl (C=O) groups excluding carboxylic acids is 1. The van der Waals surface area contributed by atoms with Crippen molar-refractivity contribution in [1.82, 2.24) is 14.5 Å². The maximum absolute atomic E-state index is 12.9. The molecule has 134 valence electrons. The van der Waals surface area contributed by atoms with E-state index in [1.54, 1.807) is 6.92 Å². The van der Waals surface area contributed by atoms with E-state index in [9.17, 15) is 14.9 Å². The van der Waals surface area contributed by atoms with Gasteiger partial charge < -0.3 is 19.4 Å². The van der Waals surface area contributed by atoms with Crippen LogP contribution in [0, 0.1) is 24.0 Å². The lowest BCUT2D eigenvalue weighted by atomic mass is 10.1. The number of rotatable bonds is 4. The monoisotopic (exact) mass is 346 g/mol. The third kappa shape index (κ3) is 3.72. The highest BCUT2D eigenvalue weighted by atomic mass is 16.6. The minimum atomic E-state index is -0.547. The summed E-state index contributed by atoms with van der Waals surface area (Å²) >= 11 is 0. The van der Waals surface area contributed by atoms with Crippen molar-refractivity contribution < 1.29 is 14.1 Å². The summed E-state index contributed by atoms with van der Waals surface area (Å²) in [5.74, 6) is 1.78. The number of amides is 1. The normalized spacial score (nSPS) is 18.2. The van der Waals surface area contributed by atoms with E-state index in [2.05, 4.69) is 4.98 Å². The Morgan fingerprint density at radius 1 is 1.36 bits per heavy atom. The van der Waals surface area contributed by atoms with Crippen molar-refractivity contribution >= 4 is 11.7 Å². The van der Waals surface area contributed by atoms with Gasteiger partial charge in [-0.15, -0.1) is 0 Å². The van der Waals surface area contributed by atoms with Gasteiger partial charge in [0.1, 0.15) is 24.3 Å². The zero-order chi connectivity index (χ0) is 18.0. The van der Waals surface area contributed by atoms with Crippen LogP contribution in [0.4, 0.5) is 5.82 Å². The van der Waals surface area contributed by atoms with Crippen LogP contribution in [0.15, 0.2) is 22.7 Å². The highest BCUT2D eigenvalue weighted by Crippen LogP contribution is 2.31.